The summed E-state index contributed by atoms with van der Waals surface area (Å²) in [7, 11) is 1.16. The number of carbonyl (C=O) groups is 2. The predicted molar refractivity (Wildman–Crippen MR) is 76.5 cm³/mol. The molecule has 0 bridgehead atoms. The second-order valence-corrected chi connectivity index (χ2v) is 7.28. The highest BCUT2D eigenvalue weighted by molar-refractivity contribution is 8.13. The van der Waals surface area contributed by atoms with Gasteiger partial charge in [0.25, 0.3) is 0 Å². The number of amides is 2. The molecule has 2 rings (SSSR count). The Morgan fingerprint density at radius 3 is 2.18 bits per heavy atom. The minimum Gasteiger partial charge on any atom is -0.273 e. The lowest BCUT2D eigenvalue weighted by Gasteiger charge is -2.00. The summed E-state index contributed by atoms with van der Waals surface area (Å²) in [4.78, 5) is 20.7. The van der Waals surface area contributed by atoms with E-state index in [1.54, 1.807) is 6.07 Å². The third kappa shape index (κ3) is 5.60. The topological polar surface area (TPSA) is 95.3 Å². The quantitative estimate of drug-likeness (QED) is 0.453. The Morgan fingerprint density at radius 1 is 1.27 bits per heavy atom. The fraction of sp³-hybridized carbons (Fsp3) is 0.250. The van der Waals surface area contributed by atoms with Crippen molar-refractivity contribution in [1.29, 1.82) is 5.26 Å². The second kappa shape index (κ2) is 7.54. The van der Waals surface area contributed by atoms with Gasteiger partial charge in [-0.25, -0.2) is 12.8 Å². The van der Waals surface area contributed by atoms with Gasteiger partial charge in [0.2, 0.25) is 20.9 Å². The van der Waals surface area contributed by atoms with E-state index >= 15 is 0 Å². The summed E-state index contributed by atoms with van der Waals surface area (Å²) < 4.78 is 35.0. The van der Waals surface area contributed by atoms with Gasteiger partial charge < -0.3 is 0 Å². The first-order chi connectivity index (χ1) is 10.1. The van der Waals surface area contributed by atoms with Crippen molar-refractivity contribution in [2.75, 3.05) is 0 Å². The van der Waals surface area contributed by atoms with Crippen LogP contribution in [0.4, 0.5) is 4.39 Å². The summed E-state index contributed by atoms with van der Waals surface area (Å²) >= 11 is 5.15. The molecule has 0 spiro atoms. The molecule has 22 heavy (non-hydrogen) atoms. The lowest BCUT2D eigenvalue weighted by molar-refractivity contribution is -0.132. The summed E-state index contributed by atoms with van der Waals surface area (Å²) in [5.74, 6) is -1.89. The van der Waals surface area contributed by atoms with Crippen LogP contribution >= 0.6 is 22.5 Å². The van der Waals surface area contributed by atoms with Crippen molar-refractivity contribution >= 4 is 43.3 Å². The van der Waals surface area contributed by atoms with Crippen LogP contribution in [-0.4, -0.2) is 24.7 Å². The summed E-state index contributed by atoms with van der Waals surface area (Å²) in [5, 5.41) is 8.50. The molecule has 1 saturated heterocycles. The molecule has 1 aromatic rings. The van der Waals surface area contributed by atoms with Crippen molar-refractivity contribution in [3.63, 3.8) is 0 Å². The Morgan fingerprint density at radius 2 is 1.82 bits per heavy atom. The van der Waals surface area contributed by atoms with Crippen molar-refractivity contribution in [1.82, 2.24) is 4.42 Å². The van der Waals surface area contributed by atoms with Crippen molar-refractivity contribution in [2.24, 2.45) is 0 Å². The molecule has 2 amide bonds. The number of halogens is 3. The predicted octanol–water partition coefficient (Wildman–Crippen LogP) is 2.06. The van der Waals surface area contributed by atoms with E-state index in [0.29, 0.717) is 4.42 Å². The number of imide groups is 1. The van der Waals surface area contributed by atoms with Gasteiger partial charge in [0.15, 0.2) is 0 Å². The molecule has 6 nitrogen and oxygen atoms in total. The van der Waals surface area contributed by atoms with E-state index in [1.165, 1.54) is 6.07 Å². The van der Waals surface area contributed by atoms with Crippen molar-refractivity contribution in [3.05, 3.63) is 35.1 Å². The zero-order chi connectivity index (χ0) is 16.9. The van der Waals surface area contributed by atoms with E-state index in [2.05, 4.69) is 0 Å². The van der Waals surface area contributed by atoms with Crippen LogP contribution in [0, 0.1) is 17.1 Å². The number of nitrogens with zero attached hydrogens (tertiary/aromatic N) is 2. The zero-order valence-electron chi connectivity index (χ0n) is 10.9. The minimum absolute atomic E-state index is 0.0981. The van der Waals surface area contributed by atoms with Crippen molar-refractivity contribution in [3.8, 4) is 6.07 Å². The first-order valence-electron chi connectivity index (χ1n) is 5.76. The Bertz CT molecular complexity index is 730. The summed E-state index contributed by atoms with van der Waals surface area (Å²) in [5.41, 5.74) is 0.0979. The molecular weight excluding hydrogens is 358 g/mol. The van der Waals surface area contributed by atoms with Crippen LogP contribution in [0.5, 0.6) is 0 Å². The lowest BCUT2D eigenvalue weighted by atomic mass is 10.1. The maximum absolute atomic E-state index is 13.0. The first kappa shape index (κ1) is 18.4. The molecule has 0 aromatic heterocycles. The van der Waals surface area contributed by atoms with Gasteiger partial charge in [-0.15, -0.1) is 0 Å². The van der Waals surface area contributed by atoms with Crippen molar-refractivity contribution < 1.29 is 22.4 Å². The van der Waals surface area contributed by atoms with Gasteiger partial charge >= 0.3 is 0 Å². The van der Waals surface area contributed by atoms with Crippen LogP contribution in [0.25, 0.3) is 0 Å². The Hall–Kier alpha value is -1.69. The zero-order valence-corrected chi connectivity index (χ0v) is 13.3. The highest BCUT2D eigenvalue weighted by Crippen LogP contribution is 2.15. The summed E-state index contributed by atoms with van der Waals surface area (Å²) in [6.07, 6.45) is 0.532. The van der Waals surface area contributed by atoms with E-state index in [0.717, 1.165) is 12.1 Å². The van der Waals surface area contributed by atoms with E-state index in [9.17, 15) is 22.4 Å². The molecule has 0 atom stereocenters. The van der Waals surface area contributed by atoms with Crippen molar-refractivity contribution in [2.45, 2.75) is 18.6 Å². The molecule has 0 radical (unpaired) electrons. The maximum atomic E-state index is 13.0. The number of carbonyl (C=O) groups excluding carboxylic acids is 2. The number of hydrogen-bond donors (Lipinski definition) is 0. The molecule has 0 N–H and O–H groups in total. The number of hydrogen-bond acceptors (Lipinski definition) is 5. The molecule has 0 aliphatic carbocycles. The SMILES string of the molecule is N#Cc1ccc(F)c(CS(=O)(=O)Cl)c1.O=C1CCC(=O)N1Cl. The standard InChI is InChI=1S/C8H5ClFNO2S.C4H4ClNO2/c9-14(12,13)5-7-3-6(4-11)1-2-8(7)10;5-6-3(7)1-2-4(6)8/h1-3H,5H2;1-2H2. The van der Waals surface area contributed by atoms with E-state index in [4.69, 9.17) is 27.7 Å². The van der Waals surface area contributed by atoms with Crippen LogP contribution < -0.4 is 0 Å². The Labute approximate surface area is 135 Å². The molecule has 0 unspecified atom stereocenters. The molecule has 1 heterocycles. The van der Waals surface area contributed by atoms with Crippen LogP contribution in [-0.2, 0) is 24.4 Å². The van der Waals surface area contributed by atoms with Gasteiger partial charge in [-0.2, -0.15) is 9.68 Å². The number of rotatable bonds is 2. The van der Waals surface area contributed by atoms with Gasteiger partial charge in [-0.3, -0.25) is 9.59 Å². The fourth-order valence-corrected chi connectivity index (χ4v) is 2.60. The van der Waals surface area contributed by atoms with Gasteiger partial charge in [0, 0.05) is 40.9 Å². The average Bonchev–Trinajstić information content (AvgIpc) is 2.72. The van der Waals surface area contributed by atoms with Crippen LogP contribution in [0.3, 0.4) is 0 Å². The monoisotopic (exact) mass is 366 g/mol. The van der Waals surface area contributed by atoms with E-state index in [1.807, 2.05) is 0 Å². The number of nitriles is 1. The highest BCUT2D eigenvalue weighted by atomic mass is 35.7. The van der Waals surface area contributed by atoms with Gasteiger partial charge in [0.1, 0.15) is 5.82 Å². The molecule has 1 aliphatic rings. The minimum atomic E-state index is -3.80. The fourth-order valence-electron chi connectivity index (χ4n) is 1.49. The summed E-state index contributed by atoms with van der Waals surface area (Å²) in [6, 6.07) is 5.24. The van der Waals surface area contributed by atoms with Crippen LogP contribution in [0.1, 0.15) is 24.0 Å². The van der Waals surface area contributed by atoms with Gasteiger partial charge in [-0.05, 0) is 18.2 Å². The molecule has 1 fully saturated rings. The lowest BCUT2D eigenvalue weighted by Crippen LogP contribution is -2.16. The number of benzene rings is 1. The third-order valence-corrected chi connectivity index (χ3v) is 3.85. The van der Waals surface area contributed by atoms with E-state index < -0.39 is 20.6 Å². The molecule has 1 aromatic carbocycles. The second-order valence-electron chi connectivity index (χ2n) is 4.17. The highest BCUT2D eigenvalue weighted by Gasteiger charge is 2.26. The van der Waals surface area contributed by atoms with Gasteiger partial charge in [0.05, 0.1) is 17.4 Å². The first-order valence-corrected chi connectivity index (χ1v) is 8.58. The van der Waals surface area contributed by atoms with E-state index in [-0.39, 0.29) is 35.8 Å². The van der Waals surface area contributed by atoms with Crippen LogP contribution in [0.2, 0.25) is 0 Å². The van der Waals surface area contributed by atoms with Crippen LogP contribution in [0.15, 0.2) is 18.2 Å². The maximum Gasteiger partial charge on any atom is 0.244 e. The third-order valence-electron chi connectivity index (χ3n) is 2.49. The molecule has 0 saturated carbocycles. The summed E-state index contributed by atoms with van der Waals surface area (Å²) in [6.45, 7) is 0. The Kier molecular flexibility index (Phi) is 6.29. The Balaban J connectivity index is 0.000000255. The smallest absolute Gasteiger partial charge is 0.244 e. The normalized spacial score (nSPS) is 14.4. The van der Waals surface area contributed by atoms with Gasteiger partial charge in [-0.1, -0.05) is 0 Å². The molecule has 118 valence electrons. The largest absolute Gasteiger partial charge is 0.273 e. The average molecular weight is 367 g/mol. The molecule has 10 heteroatoms. The molecular formula is C12H9Cl2FN2O4S. The molecule has 1 aliphatic heterocycles.